The van der Waals surface area contributed by atoms with E-state index in [1.165, 1.54) is 11.3 Å². The molecule has 2 heterocycles. The first kappa shape index (κ1) is 14.1. The van der Waals surface area contributed by atoms with Crippen molar-refractivity contribution in [2.75, 3.05) is 14.1 Å². The SMILES string of the molecule is Cc1nn(-c2cccc(Cl)c2)c2sc(C(=O)N(C)C)cc12. The van der Waals surface area contributed by atoms with E-state index in [-0.39, 0.29) is 5.91 Å². The summed E-state index contributed by atoms with van der Waals surface area (Å²) in [5, 5.41) is 6.22. The molecule has 3 aromatic rings. The Morgan fingerprint density at radius 1 is 1.33 bits per heavy atom. The number of nitrogens with zero attached hydrogens (tertiary/aromatic N) is 3. The standard InChI is InChI=1S/C15H14ClN3OS/c1-9-12-8-13(14(20)18(2)3)21-15(12)19(17-9)11-6-4-5-10(16)7-11/h4-8H,1-3H3. The fourth-order valence-corrected chi connectivity index (χ4v) is 3.54. The lowest BCUT2D eigenvalue weighted by atomic mass is 10.3. The zero-order valence-electron chi connectivity index (χ0n) is 11.9. The molecule has 4 nitrogen and oxygen atoms in total. The van der Waals surface area contributed by atoms with Gasteiger partial charge in [-0.1, -0.05) is 17.7 Å². The maximum absolute atomic E-state index is 12.1. The molecule has 0 saturated carbocycles. The summed E-state index contributed by atoms with van der Waals surface area (Å²) in [7, 11) is 3.51. The van der Waals surface area contributed by atoms with E-state index in [1.807, 2.05) is 41.9 Å². The van der Waals surface area contributed by atoms with E-state index < -0.39 is 0 Å². The zero-order valence-corrected chi connectivity index (χ0v) is 13.5. The lowest BCUT2D eigenvalue weighted by Crippen LogP contribution is -2.20. The summed E-state index contributed by atoms with van der Waals surface area (Å²) < 4.78 is 1.84. The first-order chi connectivity index (χ1) is 9.97. The van der Waals surface area contributed by atoms with Crippen molar-refractivity contribution < 1.29 is 4.79 Å². The van der Waals surface area contributed by atoms with Gasteiger partial charge in [0.05, 0.1) is 16.3 Å². The number of aromatic nitrogens is 2. The summed E-state index contributed by atoms with van der Waals surface area (Å²) in [6.07, 6.45) is 0. The molecule has 2 aromatic heterocycles. The largest absolute Gasteiger partial charge is 0.344 e. The molecule has 1 amide bonds. The second-order valence-corrected chi connectivity index (χ2v) is 6.47. The molecule has 6 heteroatoms. The second-order valence-electron chi connectivity index (χ2n) is 5.01. The first-order valence-electron chi connectivity index (χ1n) is 6.44. The Bertz CT molecular complexity index is 835. The van der Waals surface area contributed by atoms with Crippen molar-refractivity contribution in [3.05, 3.63) is 45.9 Å². The van der Waals surface area contributed by atoms with Gasteiger partial charge in [-0.2, -0.15) is 5.10 Å². The maximum Gasteiger partial charge on any atom is 0.263 e. The molecule has 0 aliphatic carbocycles. The normalized spacial score (nSPS) is 11.0. The Morgan fingerprint density at radius 3 is 2.76 bits per heavy atom. The topological polar surface area (TPSA) is 38.1 Å². The van der Waals surface area contributed by atoms with Crippen LogP contribution in [0.4, 0.5) is 0 Å². The number of rotatable bonds is 2. The van der Waals surface area contributed by atoms with E-state index in [2.05, 4.69) is 5.10 Å². The van der Waals surface area contributed by atoms with Gasteiger partial charge in [0.2, 0.25) is 0 Å². The van der Waals surface area contributed by atoms with Crippen LogP contribution in [0.3, 0.4) is 0 Å². The van der Waals surface area contributed by atoms with Crippen LogP contribution in [0, 0.1) is 6.92 Å². The highest BCUT2D eigenvalue weighted by atomic mass is 35.5. The number of amides is 1. The third-order valence-corrected chi connectivity index (χ3v) is 4.55. The van der Waals surface area contributed by atoms with E-state index in [4.69, 9.17) is 11.6 Å². The molecule has 0 bridgehead atoms. The summed E-state index contributed by atoms with van der Waals surface area (Å²) in [5.74, 6) is 0.00763. The predicted octanol–water partition coefficient (Wildman–Crippen LogP) is 3.75. The maximum atomic E-state index is 12.1. The predicted molar refractivity (Wildman–Crippen MR) is 86.7 cm³/mol. The van der Waals surface area contributed by atoms with Crippen LogP contribution >= 0.6 is 22.9 Å². The molecule has 0 saturated heterocycles. The summed E-state index contributed by atoms with van der Waals surface area (Å²) in [6.45, 7) is 1.94. The van der Waals surface area contributed by atoms with Crippen LogP contribution in [0.15, 0.2) is 30.3 Å². The first-order valence-corrected chi connectivity index (χ1v) is 7.63. The average molecular weight is 320 g/mol. The molecule has 0 radical (unpaired) electrons. The van der Waals surface area contributed by atoms with Gasteiger partial charge in [0, 0.05) is 24.5 Å². The van der Waals surface area contributed by atoms with Gasteiger partial charge in [-0.05, 0) is 31.2 Å². The molecule has 0 N–H and O–H groups in total. The highest BCUT2D eigenvalue weighted by Gasteiger charge is 2.18. The van der Waals surface area contributed by atoms with Crippen LogP contribution in [0.1, 0.15) is 15.4 Å². The number of fused-ring (bicyclic) bond motifs is 1. The zero-order chi connectivity index (χ0) is 15.1. The lowest BCUT2D eigenvalue weighted by Gasteiger charge is -2.07. The van der Waals surface area contributed by atoms with Crippen LogP contribution in [0.25, 0.3) is 15.9 Å². The molecule has 0 spiro atoms. The molecule has 0 atom stereocenters. The Balaban J connectivity index is 2.18. The highest BCUT2D eigenvalue weighted by molar-refractivity contribution is 7.20. The van der Waals surface area contributed by atoms with Crippen molar-refractivity contribution >= 4 is 39.1 Å². The van der Waals surface area contributed by atoms with Gasteiger partial charge >= 0.3 is 0 Å². The van der Waals surface area contributed by atoms with Crippen LogP contribution in [0.2, 0.25) is 5.02 Å². The van der Waals surface area contributed by atoms with Crippen molar-refractivity contribution in [1.82, 2.24) is 14.7 Å². The molecule has 0 aliphatic rings. The van der Waals surface area contributed by atoms with Crippen molar-refractivity contribution in [3.63, 3.8) is 0 Å². The van der Waals surface area contributed by atoms with Gasteiger partial charge in [-0.3, -0.25) is 4.79 Å². The summed E-state index contributed by atoms with van der Waals surface area (Å²) in [4.78, 5) is 15.4. The van der Waals surface area contributed by atoms with E-state index in [9.17, 15) is 4.79 Å². The van der Waals surface area contributed by atoms with Gasteiger partial charge in [0.15, 0.2) is 0 Å². The Labute approximate surface area is 131 Å². The summed E-state index contributed by atoms with van der Waals surface area (Å²) in [6, 6.07) is 9.44. The summed E-state index contributed by atoms with van der Waals surface area (Å²) in [5.41, 5.74) is 1.80. The molecule has 0 unspecified atom stereocenters. The third kappa shape index (κ3) is 2.43. The van der Waals surface area contributed by atoms with Gasteiger partial charge in [-0.15, -0.1) is 11.3 Å². The van der Waals surface area contributed by atoms with Crippen molar-refractivity contribution in [1.29, 1.82) is 0 Å². The highest BCUT2D eigenvalue weighted by Crippen LogP contribution is 2.31. The molecule has 0 fully saturated rings. The smallest absolute Gasteiger partial charge is 0.263 e. The fourth-order valence-electron chi connectivity index (χ4n) is 2.16. The summed E-state index contributed by atoms with van der Waals surface area (Å²) >= 11 is 7.50. The monoisotopic (exact) mass is 319 g/mol. The van der Waals surface area contributed by atoms with Crippen LogP contribution in [-0.4, -0.2) is 34.7 Å². The Hall–Kier alpha value is -1.85. The molecule has 0 aliphatic heterocycles. The molecule has 108 valence electrons. The van der Waals surface area contributed by atoms with Gasteiger partial charge in [0.25, 0.3) is 5.91 Å². The van der Waals surface area contributed by atoms with Gasteiger partial charge in [-0.25, -0.2) is 4.68 Å². The van der Waals surface area contributed by atoms with E-state index in [0.29, 0.717) is 9.90 Å². The van der Waals surface area contributed by atoms with Crippen LogP contribution in [0.5, 0.6) is 0 Å². The molecule has 21 heavy (non-hydrogen) atoms. The second kappa shape index (κ2) is 5.16. The van der Waals surface area contributed by atoms with Crippen LogP contribution < -0.4 is 0 Å². The number of hydrogen-bond acceptors (Lipinski definition) is 3. The van der Waals surface area contributed by atoms with Crippen molar-refractivity contribution in [2.24, 2.45) is 0 Å². The van der Waals surface area contributed by atoms with Crippen molar-refractivity contribution in [3.8, 4) is 5.69 Å². The Kier molecular flexibility index (Phi) is 3.47. The van der Waals surface area contributed by atoms with E-state index >= 15 is 0 Å². The number of thiophene rings is 1. The number of benzene rings is 1. The van der Waals surface area contributed by atoms with Crippen LogP contribution in [-0.2, 0) is 0 Å². The lowest BCUT2D eigenvalue weighted by molar-refractivity contribution is 0.0832. The van der Waals surface area contributed by atoms with Gasteiger partial charge in [0.1, 0.15) is 4.83 Å². The average Bonchev–Trinajstić information content (AvgIpc) is 2.99. The minimum atomic E-state index is 0.00763. The van der Waals surface area contributed by atoms with Gasteiger partial charge < -0.3 is 4.90 Å². The molecular formula is C15H14ClN3OS. The van der Waals surface area contributed by atoms with Crippen molar-refractivity contribution in [2.45, 2.75) is 6.92 Å². The number of halogens is 1. The quantitative estimate of drug-likeness (QED) is 0.721. The number of hydrogen-bond donors (Lipinski definition) is 0. The number of carbonyl (C=O) groups is 1. The molecule has 3 rings (SSSR count). The number of aryl methyl sites for hydroxylation is 1. The van der Waals surface area contributed by atoms with E-state index in [0.717, 1.165) is 21.6 Å². The fraction of sp³-hybridized carbons (Fsp3) is 0.200. The third-order valence-electron chi connectivity index (χ3n) is 3.21. The minimum Gasteiger partial charge on any atom is -0.344 e. The number of carbonyl (C=O) groups excluding carboxylic acids is 1. The minimum absolute atomic E-state index is 0.00763. The van der Waals surface area contributed by atoms with E-state index in [1.54, 1.807) is 19.0 Å². The Morgan fingerprint density at radius 2 is 2.10 bits per heavy atom. The molecule has 1 aromatic carbocycles. The molecular weight excluding hydrogens is 306 g/mol.